The summed E-state index contributed by atoms with van der Waals surface area (Å²) in [6.45, 7) is 12.3. The van der Waals surface area contributed by atoms with Crippen LogP contribution in [0, 0.1) is 13.8 Å². The van der Waals surface area contributed by atoms with Crippen molar-refractivity contribution < 1.29 is 53.0 Å². The van der Waals surface area contributed by atoms with Crippen LogP contribution in [0.2, 0.25) is 0 Å². The summed E-state index contributed by atoms with van der Waals surface area (Å²) in [4.78, 5) is 30.1. The van der Waals surface area contributed by atoms with Crippen LogP contribution in [0.3, 0.4) is 0 Å². The van der Waals surface area contributed by atoms with Gasteiger partial charge in [0.2, 0.25) is 12.7 Å². The number of hydrogen-bond acceptors (Lipinski definition) is 11. The first kappa shape index (κ1) is 39.2. The number of aliphatic hydroxyl groups is 1. The first-order valence-electron chi connectivity index (χ1n) is 17.5. The number of aliphatic hydroxyl groups excluding tert-OH is 1. The van der Waals surface area contributed by atoms with E-state index in [9.17, 15) is 15.0 Å². The fraction of sp³-hybridized carbons (Fsp3) is 0.450. The maximum absolute atomic E-state index is 15.2. The maximum atomic E-state index is 15.2. The van der Waals surface area contributed by atoms with Crippen molar-refractivity contribution in [3.05, 3.63) is 88.5 Å². The summed E-state index contributed by atoms with van der Waals surface area (Å²) in [6, 6.07) is 9.74. The third-order valence-electron chi connectivity index (χ3n) is 9.11. The molecule has 2 amide bonds. The predicted molar refractivity (Wildman–Crippen MR) is 196 cm³/mol. The summed E-state index contributed by atoms with van der Waals surface area (Å²) in [5.41, 5.74) is 3.01. The van der Waals surface area contributed by atoms with Crippen LogP contribution in [-0.4, -0.2) is 85.6 Å². The Hall–Kier alpha value is -4.98. The number of nitrogens with zero attached hydrogens (tertiary/aromatic N) is 1. The molecule has 5 rings (SSSR count). The number of fused-ring (bicyclic) bond motifs is 3. The van der Waals surface area contributed by atoms with Crippen molar-refractivity contribution in [2.75, 3.05) is 40.8 Å². The first-order valence-corrected chi connectivity index (χ1v) is 17.5. The van der Waals surface area contributed by atoms with Crippen molar-refractivity contribution >= 4 is 12.0 Å². The van der Waals surface area contributed by atoms with Gasteiger partial charge in [-0.25, -0.2) is 4.79 Å². The van der Waals surface area contributed by atoms with Crippen LogP contribution in [0.4, 0.5) is 4.79 Å². The minimum Gasteiger partial charge on any atom is -0.504 e. The van der Waals surface area contributed by atoms with E-state index >= 15 is 4.79 Å². The summed E-state index contributed by atoms with van der Waals surface area (Å²) in [5.74, 6) is 0.929. The van der Waals surface area contributed by atoms with Gasteiger partial charge >= 0.3 is 6.09 Å². The number of benzene rings is 3. The van der Waals surface area contributed by atoms with Gasteiger partial charge < -0.3 is 53.6 Å². The molecule has 0 saturated heterocycles. The number of ether oxygens (including phenoxy) is 7. The lowest BCUT2D eigenvalue weighted by Gasteiger charge is -2.47. The zero-order chi connectivity index (χ0) is 38.4. The van der Waals surface area contributed by atoms with Gasteiger partial charge in [0.25, 0.3) is 0 Å². The molecular formula is C40H50N2O11. The summed E-state index contributed by atoms with van der Waals surface area (Å²) >= 11 is 0. The highest BCUT2D eigenvalue weighted by Gasteiger charge is 2.50. The minimum atomic E-state index is -1.24. The van der Waals surface area contributed by atoms with E-state index in [4.69, 9.17) is 33.2 Å². The maximum Gasteiger partial charge on any atom is 0.408 e. The van der Waals surface area contributed by atoms with E-state index in [1.54, 1.807) is 39.8 Å². The fourth-order valence-corrected chi connectivity index (χ4v) is 7.04. The Kier molecular flexibility index (Phi) is 12.4. The average Bonchev–Trinajstić information content (AvgIpc) is 3.60. The zero-order valence-corrected chi connectivity index (χ0v) is 31.4. The number of phenolic OH excluding ortho intramolecular Hbond substituents is 1. The Morgan fingerprint density at radius 1 is 1.06 bits per heavy atom. The highest BCUT2D eigenvalue weighted by Crippen LogP contribution is 2.56. The van der Waals surface area contributed by atoms with Crippen molar-refractivity contribution in [1.82, 2.24) is 10.2 Å². The van der Waals surface area contributed by atoms with E-state index in [1.807, 2.05) is 37.3 Å². The molecule has 4 atom stereocenters. The number of nitrogens with one attached hydrogen (secondary N) is 1. The van der Waals surface area contributed by atoms with E-state index in [0.717, 1.165) is 5.56 Å². The lowest BCUT2D eigenvalue weighted by molar-refractivity contribution is -0.150. The molecule has 1 unspecified atom stereocenters. The minimum absolute atomic E-state index is 0.0398. The number of rotatable bonds is 14. The Morgan fingerprint density at radius 2 is 1.77 bits per heavy atom. The second kappa shape index (κ2) is 16.8. The van der Waals surface area contributed by atoms with Gasteiger partial charge in [-0.1, -0.05) is 49.1 Å². The lowest BCUT2D eigenvalue weighted by atomic mass is 9.82. The van der Waals surface area contributed by atoms with Crippen molar-refractivity contribution in [2.24, 2.45) is 0 Å². The second-order valence-corrected chi connectivity index (χ2v) is 14.0. The summed E-state index contributed by atoms with van der Waals surface area (Å²) < 4.78 is 41.7. The highest BCUT2D eigenvalue weighted by atomic mass is 16.7. The number of aromatic hydroxyl groups is 1. The van der Waals surface area contributed by atoms with Gasteiger partial charge in [0.05, 0.1) is 39.0 Å². The van der Waals surface area contributed by atoms with Crippen molar-refractivity contribution in [3.8, 4) is 28.7 Å². The summed E-state index contributed by atoms with van der Waals surface area (Å²) in [7, 11) is 2.94. The van der Waals surface area contributed by atoms with Crippen LogP contribution >= 0.6 is 0 Å². The molecule has 3 N–H and O–H groups in total. The van der Waals surface area contributed by atoms with Gasteiger partial charge in [-0.2, -0.15) is 0 Å². The Bertz CT molecular complexity index is 1770. The van der Waals surface area contributed by atoms with Crippen molar-refractivity contribution in [1.29, 1.82) is 0 Å². The smallest absolute Gasteiger partial charge is 0.408 e. The van der Waals surface area contributed by atoms with E-state index in [0.29, 0.717) is 50.8 Å². The zero-order valence-electron chi connectivity index (χ0n) is 31.4. The normalized spacial score (nSPS) is 18.2. The third-order valence-corrected chi connectivity index (χ3v) is 9.11. The van der Waals surface area contributed by atoms with Gasteiger partial charge in [0, 0.05) is 30.2 Å². The molecule has 0 bridgehead atoms. The molecule has 2 heterocycles. The standard InChI is InChI=1S/C40H50N2O11/c1-9-15-50-34-24(3)35-37(52-22-51-35)31-29(21-49-20-25-13-11-10-12-14-25)42(28(19-43)36(48-8)32(31)34)38(45)27(41-39(46)53-40(4,5)6)17-26-16-23(2)33(47-7)30(44)18-26/h9-14,16,18,27-29,36,43-44H,1,15,17,19-22H2,2-8H3,(H,41,46)/t27-,28+,29-,36?/m0/s1. The van der Waals surface area contributed by atoms with Crippen LogP contribution < -0.4 is 24.3 Å². The molecule has 3 aromatic carbocycles. The molecule has 0 aromatic heterocycles. The molecule has 0 radical (unpaired) electrons. The molecule has 0 fully saturated rings. The molecule has 53 heavy (non-hydrogen) atoms. The fourth-order valence-electron chi connectivity index (χ4n) is 7.04. The molecule has 2 aliphatic rings. The second-order valence-electron chi connectivity index (χ2n) is 14.0. The van der Waals surface area contributed by atoms with Gasteiger partial charge in [-0.3, -0.25) is 4.79 Å². The molecule has 0 aliphatic carbocycles. The number of hydrogen-bond donors (Lipinski definition) is 3. The summed E-state index contributed by atoms with van der Waals surface area (Å²) in [6.07, 6.45) is -0.164. The Balaban J connectivity index is 1.67. The molecule has 13 heteroatoms. The molecular weight excluding hydrogens is 684 g/mol. The highest BCUT2D eigenvalue weighted by molar-refractivity contribution is 5.87. The monoisotopic (exact) mass is 734 g/mol. The number of methoxy groups -OCH3 is 2. The third kappa shape index (κ3) is 8.48. The van der Waals surface area contributed by atoms with Gasteiger partial charge in [0.15, 0.2) is 23.0 Å². The molecule has 0 saturated carbocycles. The van der Waals surface area contributed by atoms with Gasteiger partial charge in [0.1, 0.15) is 30.1 Å². The molecule has 286 valence electrons. The number of carbonyl (C=O) groups excluding carboxylic acids is 2. The lowest BCUT2D eigenvalue weighted by Crippen LogP contribution is -2.59. The largest absolute Gasteiger partial charge is 0.504 e. The van der Waals surface area contributed by atoms with E-state index in [2.05, 4.69) is 11.9 Å². The number of phenols is 1. The number of aryl methyl sites for hydroxylation is 1. The van der Waals surface area contributed by atoms with Crippen LogP contribution in [0.5, 0.6) is 28.7 Å². The average molecular weight is 735 g/mol. The Morgan fingerprint density at radius 3 is 2.40 bits per heavy atom. The molecule has 2 aliphatic heterocycles. The Labute approximate surface area is 310 Å². The van der Waals surface area contributed by atoms with Gasteiger partial charge in [-0.15, -0.1) is 0 Å². The quantitative estimate of drug-likeness (QED) is 0.178. The topological polar surface area (TPSA) is 154 Å². The molecule has 13 nitrogen and oxygen atoms in total. The van der Waals surface area contributed by atoms with Gasteiger partial charge in [-0.05, 0) is 57.4 Å². The molecule has 3 aromatic rings. The number of carbonyl (C=O) groups is 2. The van der Waals surface area contributed by atoms with Crippen LogP contribution in [0.15, 0.2) is 55.1 Å². The first-order chi connectivity index (χ1) is 25.3. The van der Waals surface area contributed by atoms with Crippen LogP contribution in [0.1, 0.15) is 66.3 Å². The summed E-state index contributed by atoms with van der Waals surface area (Å²) in [5, 5.41) is 24.7. The van der Waals surface area contributed by atoms with E-state index in [1.165, 1.54) is 25.2 Å². The number of amides is 2. The van der Waals surface area contributed by atoms with E-state index < -0.39 is 48.4 Å². The molecule has 0 spiro atoms. The van der Waals surface area contributed by atoms with Crippen LogP contribution in [-0.2, 0) is 32.0 Å². The van der Waals surface area contributed by atoms with E-state index in [-0.39, 0.29) is 38.8 Å². The van der Waals surface area contributed by atoms with Crippen molar-refractivity contribution in [3.63, 3.8) is 0 Å². The predicted octanol–water partition coefficient (Wildman–Crippen LogP) is 5.60. The SMILES string of the molecule is C=CCOc1c(C)c2c(c3c1C(OC)[C@@H](CO)N(C(=O)[C@H](Cc1cc(C)c(OC)c(O)c1)NC(=O)OC(C)(C)C)[C@H]3COCc1ccccc1)OCO2. The van der Waals surface area contributed by atoms with Crippen LogP contribution in [0.25, 0.3) is 0 Å². The number of alkyl carbamates (subject to hydrolysis) is 1. The van der Waals surface area contributed by atoms with Crippen molar-refractivity contribution in [2.45, 2.75) is 77.5 Å².